The largest absolute Gasteiger partial charge is 0.483 e. The number of hydrogen-bond acceptors (Lipinski definition) is 3. The molecule has 0 amide bonds. The summed E-state index contributed by atoms with van der Waals surface area (Å²) in [6, 6.07) is 18.0. The second kappa shape index (κ2) is 4.46. The third kappa shape index (κ3) is 1.74. The monoisotopic (exact) mass is 280 g/mol. The zero-order chi connectivity index (χ0) is 13.5. The van der Waals surface area contributed by atoms with Crippen molar-refractivity contribution in [3.05, 3.63) is 65.0 Å². The Balaban J connectivity index is 1.84. The molecule has 0 saturated heterocycles. The molecule has 2 aromatic carbocycles. The van der Waals surface area contributed by atoms with Crippen molar-refractivity contribution in [3.8, 4) is 5.75 Å². The van der Waals surface area contributed by atoms with Gasteiger partial charge in [-0.1, -0.05) is 42.5 Å². The summed E-state index contributed by atoms with van der Waals surface area (Å²) in [7, 11) is 0. The Kier molecular flexibility index (Phi) is 2.60. The van der Waals surface area contributed by atoms with Crippen LogP contribution in [0, 0.1) is 0 Å². The van der Waals surface area contributed by atoms with E-state index < -0.39 is 0 Å². The number of ketones is 1. The predicted octanol–water partition coefficient (Wildman–Crippen LogP) is 4.61. The third-order valence-corrected chi connectivity index (χ3v) is 4.80. The van der Waals surface area contributed by atoms with Crippen LogP contribution in [0.5, 0.6) is 5.75 Å². The van der Waals surface area contributed by atoms with Gasteiger partial charge in [0.15, 0.2) is 5.78 Å². The summed E-state index contributed by atoms with van der Waals surface area (Å²) in [6.07, 6.45) is 0.248. The van der Waals surface area contributed by atoms with Gasteiger partial charge in [-0.05, 0) is 17.7 Å². The fraction of sp³-hybridized carbons (Fsp3) is 0.118. The van der Waals surface area contributed by atoms with Gasteiger partial charge in [0.2, 0.25) is 0 Å². The quantitative estimate of drug-likeness (QED) is 0.650. The lowest BCUT2D eigenvalue weighted by molar-refractivity contribution is 0.0861. The van der Waals surface area contributed by atoms with Crippen molar-refractivity contribution in [2.45, 2.75) is 12.5 Å². The SMILES string of the molecule is O=C1CC(c2ccccc2)Oc2c1sc1ccccc21. The Bertz CT molecular complexity index is 789. The molecule has 98 valence electrons. The standard InChI is InChI=1S/C17H12O2S/c18-13-10-14(11-6-2-1-3-7-11)19-16-12-8-4-5-9-15(12)20-17(13)16/h1-9,14H,10H2. The van der Waals surface area contributed by atoms with Crippen molar-refractivity contribution in [3.63, 3.8) is 0 Å². The van der Waals surface area contributed by atoms with Gasteiger partial charge < -0.3 is 4.74 Å². The predicted molar refractivity (Wildman–Crippen MR) is 80.6 cm³/mol. The van der Waals surface area contributed by atoms with Gasteiger partial charge in [0, 0.05) is 10.1 Å². The van der Waals surface area contributed by atoms with E-state index in [9.17, 15) is 4.79 Å². The highest BCUT2D eigenvalue weighted by Gasteiger charge is 2.30. The Labute approximate surface area is 120 Å². The first-order chi connectivity index (χ1) is 9.83. The summed E-state index contributed by atoms with van der Waals surface area (Å²) < 4.78 is 7.24. The van der Waals surface area contributed by atoms with E-state index in [0.717, 1.165) is 26.3 Å². The first kappa shape index (κ1) is 11.7. The van der Waals surface area contributed by atoms with Crippen molar-refractivity contribution in [1.29, 1.82) is 0 Å². The average Bonchev–Trinajstić information content (AvgIpc) is 2.88. The van der Waals surface area contributed by atoms with Crippen molar-refractivity contribution in [2.24, 2.45) is 0 Å². The molecule has 0 saturated carbocycles. The fourth-order valence-corrected chi connectivity index (χ4v) is 3.71. The lowest BCUT2D eigenvalue weighted by Crippen LogP contribution is -2.18. The minimum absolute atomic E-state index is 0.172. The summed E-state index contributed by atoms with van der Waals surface area (Å²) in [5.74, 6) is 0.942. The Morgan fingerprint density at radius 1 is 1.00 bits per heavy atom. The van der Waals surface area contributed by atoms with Gasteiger partial charge in [-0.15, -0.1) is 11.3 Å². The maximum Gasteiger partial charge on any atom is 0.180 e. The molecule has 1 aromatic heterocycles. The van der Waals surface area contributed by atoms with Crippen LogP contribution in [-0.2, 0) is 0 Å². The number of Topliss-reactive ketones (excluding diaryl/α,β-unsaturated/α-hetero) is 1. The molecule has 2 heterocycles. The van der Waals surface area contributed by atoms with E-state index in [1.807, 2.05) is 54.6 Å². The van der Waals surface area contributed by atoms with Gasteiger partial charge in [-0.3, -0.25) is 4.79 Å². The molecule has 0 aliphatic carbocycles. The van der Waals surface area contributed by atoms with E-state index in [1.54, 1.807) is 0 Å². The molecular weight excluding hydrogens is 268 g/mol. The molecule has 0 spiro atoms. The molecular formula is C17H12O2S. The van der Waals surface area contributed by atoms with Crippen molar-refractivity contribution in [1.82, 2.24) is 0 Å². The fourth-order valence-electron chi connectivity index (χ4n) is 2.62. The smallest absolute Gasteiger partial charge is 0.180 e. The topological polar surface area (TPSA) is 26.3 Å². The Morgan fingerprint density at radius 3 is 2.60 bits per heavy atom. The van der Waals surface area contributed by atoms with Crippen LogP contribution in [-0.4, -0.2) is 5.78 Å². The molecule has 20 heavy (non-hydrogen) atoms. The molecule has 0 fully saturated rings. The number of thiophene rings is 1. The molecule has 4 rings (SSSR count). The van der Waals surface area contributed by atoms with Crippen LogP contribution in [0.1, 0.15) is 27.8 Å². The number of ether oxygens (including phenoxy) is 1. The van der Waals surface area contributed by atoms with Crippen LogP contribution in [0.3, 0.4) is 0 Å². The number of carbonyl (C=O) groups excluding carboxylic acids is 1. The summed E-state index contributed by atoms with van der Waals surface area (Å²) in [6.45, 7) is 0. The molecule has 0 radical (unpaired) electrons. The third-order valence-electron chi connectivity index (χ3n) is 3.61. The number of carbonyl (C=O) groups is 1. The number of rotatable bonds is 1. The highest BCUT2D eigenvalue weighted by atomic mass is 32.1. The average molecular weight is 280 g/mol. The van der Waals surface area contributed by atoms with Gasteiger partial charge in [-0.25, -0.2) is 0 Å². The van der Waals surface area contributed by atoms with Crippen molar-refractivity contribution in [2.75, 3.05) is 0 Å². The minimum atomic E-state index is -0.172. The van der Waals surface area contributed by atoms with E-state index in [1.165, 1.54) is 11.3 Å². The molecule has 1 atom stereocenters. The van der Waals surface area contributed by atoms with E-state index >= 15 is 0 Å². The van der Waals surface area contributed by atoms with Crippen LogP contribution in [0.25, 0.3) is 10.1 Å². The minimum Gasteiger partial charge on any atom is -0.483 e. The first-order valence-corrected chi connectivity index (χ1v) is 7.41. The summed E-state index contributed by atoms with van der Waals surface area (Å²) in [4.78, 5) is 13.1. The molecule has 1 aliphatic heterocycles. The zero-order valence-electron chi connectivity index (χ0n) is 10.7. The van der Waals surface area contributed by atoms with E-state index in [-0.39, 0.29) is 11.9 Å². The molecule has 3 heteroatoms. The maximum atomic E-state index is 12.4. The summed E-state index contributed by atoms with van der Waals surface area (Å²) in [5, 5.41) is 1.04. The lowest BCUT2D eigenvalue weighted by atomic mass is 10.0. The van der Waals surface area contributed by atoms with Gasteiger partial charge >= 0.3 is 0 Å². The molecule has 1 unspecified atom stereocenters. The van der Waals surface area contributed by atoms with Gasteiger partial charge in [0.1, 0.15) is 16.7 Å². The molecule has 1 aliphatic rings. The van der Waals surface area contributed by atoms with E-state index in [4.69, 9.17) is 4.74 Å². The second-order valence-electron chi connectivity index (χ2n) is 4.90. The Hall–Kier alpha value is -2.13. The van der Waals surface area contributed by atoms with Crippen molar-refractivity contribution < 1.29 is 9.53 Å². The second-order valence-corrected chi connectivity index (χ2v) is 5.95. The van der Waals surface area contributed by atoms with E-state index in [0.29, 0.717) is 6.42 Å². The van der Waals surface area contributed by atoms with Crippen LogP contribution in [0.2, 0.25) is 0 Å². The number of benzene rings is 2. The Morgan fingerprint density at radius 2 is 1.75 bits per heavy atom. The lowest BCUT2D eigenvalue weighted by Gasteiger charge is -2.23. The van der Waals surface area contributed by atoms with Crippen molar-refractivity contribution >= 4 is 27.2 Å². The number of fused-ring (bicyclic) bond motifs is 3. The van der Waals surface area contributed by atoms with Crippen LogP contribution in [0.4, 0.5) is 0 Å². The van der Waals surface area contributed by atoms with Crippen LogP contribution in [0.15, 0.2) is 54.6 Å². The highest BCUT2D eigenvalue weighted by Crippen LogP contribution is 2.44. The molecule has 0 N–H and O–H groups in total. The van der Waals surface area contributed by atoms with E-state index in [2.05, 4.69) is 0 Å². The maximum absolute atomic E-state index is 12.4. The van der Waals surface area contributed by atoms with Crippen LogP contribution >= 0.6 is 11.3 Å². The highest BCUT2D eigenvalue weighted by molar-refractivity contribution is 7.21. The molecule has 2 nitrogen and oxygen atoms in total. The van der Waals surface area contributed by atoms with Gasteiger partial charge in [0.05, 0.1) is 6.42 Å². The van der Waals surface area contributed by atoms with Gasteiger partial charge in [-0.2, -0.15) is 0 Å². The summed E-state index contributed by atoms with van der Waals surface area (Å²) in [5.41, 5.74) is 1.06. The zero-order valence-corrected chi connectivity index (χ0v) is 11.5. The summed E-state index contributed by atoms with van der Waals surface area (Å²) >= 11 is 1.53. The normalized spacial score (nSPS) is 17.8. The van der Waals surface area contributed by atoms with Crippen LogP contribution < -0.4 is 4.74 Å². The molecule has 0 bridgehead atoms. The first-order valence-electron chi connectivity index (χ1n) is 6.59. The molecule has 3 aromatic rings. The van der Waals surface area contributed by atoms with Gasteiger partial charge in [0.25, 0.3) is 0 Å². The number of hydrogen-bond donors (Lipinski definition) is 0.